The fraction of sp³-hybridized carbons (Fsp3) is 0.409. The van der Waals surface area contributed by atoms with Gasteiger partial charge in [0, 0.05) is 38.0 Å². The Morgan fingerprint density at radius 3 is 2.62 bits per heavy atom. The minimum atomic E-state index is -3.53. The monoisotopic (exact) mass is 455 g/mol. The molecule has 1 aliphatic heterocycles. The van der Waals surface area contributed by atoms with Gasteiger partial charge in [-0.25, -0.2) is 18.4 Å². The number of anilines is 2. The van der Waals surface area contributed by atoms with Crippen molar-refractivity contribution in [1.82, 2.24) is 14.5 Å². The number of hydrogen-bond donors (Lipinski definition) is 2. The van der Waals surface area contributed by atoms with E-state index in [1.807, 2.05) is 11.0 Å². The normalized spacial score (nSPS) is 19.0. The predicted octanol–water partition coefficient (Wildman–Crippen LogP) is 1.54. The molecule has 5 rings (SSSR count). The maximum atomic E-state index is 12.7. The summed E-state index contributed by atoms with van der Waals surface area (Å²) in [6.45, 7) is 0.999. The van der Waals surface area contributed by atoms with Crippen LogP contribution in [0.25, 0.3) is 22.2 Å². The van der Waals surface area contributed by atoms with E-state index in [0.717, 1.165) is 12.8 Å². The van der Waals surface area contributed by atoms with Crippen LogP contribution < -0.4 is 15.8 Å². The van der Waals surface area contributed by atoms with Crippen molar-refractivity contribution in [3.8, 4) is 11.3 Å². The third kappa shape index (κ3) is 3.84. The number of nitrogens with zero attached hydrogens (tertiary/aromatic N) is 4. The molecule has 10 heteroatoms. The Morgan fingerprint density at radius 2 is 1.97 bits per heavy atom. The van der Waals surface area contributed by atoms with Crippen LogP contribution in [0.15, 0.2) is 40.3 Å². The number of aliphatic hydroxyl groups excluding tert-OH is 1. The summed E-state index contributed by atoms with van der Waals surface area (Å²) in [7, 11) is -1.88. The number of pyridine rings is 1. The number of aryl methyl sites for hydroxylation is 1. The third-order valence-electron chi connectivity index (χ3n) is 5.98. The van der Waals surface area contributed by atoms with Crippen LogP contribution in [0.1, 0.15) is 19.3 Å². The van der Waals surface area contributed by atoms with E-state index in [4.69, 9.17) is 4.98 Å². The number of nitrogens with one attached hydrogen (secondary N) is 1. The first-order valence-electron chi connectivity index (χ1n) is 10.6. The van der Waals surface area contributed by atoms with Crippen LogP contribution in [0.4, 0.5) is 11.5 Å². The second-order valence-electron chi connectivity index (χ2n) is 8.67. The van der Waals surface area contributed by atoms with Crippen molar-refractivity contribution in [2.45, 2.75) is 36.3 Å². The van der Waals surface area contributed by atoms with Crippen molar-refractivity contribution in [3.05, 3.63) is 40.9 Å². The number of fused-ring (bicyclic) bond motifs is 1. The van der Waals surface area contributed by atoms with Gasteiger partial charge in [0.05, 0.1) is 34.2 Å². The lowest BCUT2D eigenvalue weighted by Crippen LogP contribution is -2.23. The van der Waals surface area contributed by atoms with Crippen molar-refractivity contribution >= 4 is 32.2 Å². The Labute approximate surface area is 185 Å². The summed E-state index contributed by atoms with van der Waals surface area (Å²) >= 11 is 0. The number of aromatic nitrogens is 3. The van der Waals surface area contributed by atoms with Gasteiger partial charge in [-0.05, 0) is 37.5 Å². The Hall–Kier alpha value is -2.98. The smallest absolute Gasteiger partial charge is 0.264 e. The highest BCUT2D eigenvalue weighted by molar-refractivity contribution is 7.90. The van der Waals surface area contributed by atoms with Gasteiger partial charge in [-0.3, -0.25) is 4.79 Å². The van der Waals surface area contributed by atoms with Gasteiger partial charge in [0.15, 0.2) is 9.84 Å². The second kappa shape index (κ2) is 7.56. The number of benzene rings is 1. The average Bonchev–Trinajstić information content (AvgIpc) is 3.46. The number of aliphatic hydroxyl groups is 1. The maximum Gasteiger partial charge on any atom is 0.264 e. The fourth-order valence-corrected chi connectivity index (χ4v) is 5.01. The molecule has 0 bridgehead atoms. The summed E-state index contributed by atoms with van der Waals surface area (Å²) in [6.07, 6.45) is 4.83. The summed E-state index contributed by atoms with van der Waals surface area (Å²) in [5.74, 6) is 0.473. The fourth-order valence-electron chi connectivity index (χ4n) is 4.09. The van der Waals surface area contributed by atoms with Crippen LogP contribution in [0.2, 0.25) is 0 Å². The number of rotatable bonds is 5. The van der Waals surface area contributed by atoms with Crippen LogP contribution in [0, 0.1) is 0 Å². The highest BCUT2D eigenvalue weighted by Crippen LogP contribution is 2.34. The molecule has 0 radical (unpaired) electrons. The first-order chi connectivity index (χ1) is 15.2. The first kappa shape index (κ1) is 20.9. The Balaban J connectivity index is 1.66. The first-order valence-corrected chi connectivity index (χ1v) is 12.5. The van der Waals surface area contributed by atoms with Crippen LogP contribution in [0.5, 0.6) is 0 Å². The SMILES string of the molecule is Cn1cnc2cc(-c3ccc(N4CCC(O)C4)c(S(C)(=O)=O)c3)nc(NC3CC3)c2c1=O. The molecule has 9 nitrogen and oxygen atoms in total. The van der Waals surface area contributed by atoms with Crippen LogP contribution in [-0.4, -0.2) is 59.6 Å². The molecule has 2 fully saturated rings. The summed E-state index contributed by atoms with van der Waals surface area (Å²) in [6, 6.07) is 7.20. The van der Waals surface area contributed by atoms with E-state index in [-0.39, 0.29) is 16.5 Å². The molecule has 3 heterocycles. The highest BCUT2D eigenvalue weighted by atomic mass is 32.2. The molecule has 3 aromatic rings. The molecule has 1 saturated heterocycles. The van der Waals surface area contributed by atoms with Crippen molar-refractivity contribution in [3.63, 3.8) is 0 Å². The zero-order valence-electron chi connectivity index (χ0n) is 17.9. The van der Waals surface area contributed by atoms with E-state index in [2.05, 4.69) is 10.3 Å². The van der Waals surface area contributed by atoms with Gasteiger partial charge in [0.25, 0.3) is 5.56 Å². The minimum Gasteiger partial charge on any atom is -0.391 e. The van der Waals surface area contributed by atoms with E-state index in [1.54, 1.807) is 25.2 Å². The lowest BCUT2D eigenvalue weighted by Gasteiger charge is -2.21. The van der Waals surface area contributed by atoms with Gasteiger partial charge >= 0.3 is 0 Å². The lowest BCUT2D eigenvalue weighted by molar-refractivity contribution is 0.198. The van der Waals surface area contributed by atoms with E-state index >= 15 is 0 Å². The molecule has 1 atom stereocenters. The molecular weight excluding hydrogens is 430 g/mol. The minimum absolute atomic E-state index is 0.183. The largest absolute Gasteiger partial charge is 0.391 e. The molecular formula is C22H25N5O4S. The Bertz CT molecular complexity index is 1380. The number of hydrogen-bond acceptors (Lipinski definition) is 8. The molecule has 1 aromatic carbocycles. The molecule has 1 aliphatic carbocycles. The maximum absolute atomic E-state index is 12.7. The molecule has 0 amide bonds. The van der Waals surface area contributed by atoms with Gasteiger partial charge in [-0.15, -0.1) is 0 Å². The topological polar surface area (TPSA) is 117 Å². The zero-order chi connectivity index (χ0) is 22.6. The third-order valence-corrected chi connectivity index (χ3v) is 7.11. The quantitative estimate of drug-likeness (QED) is 0.595. The summed E-state index contributed by atoms with van der Waals surface area (Å²) in [5, 5.41) is 13.6. The zero-order valence-corrected chi connectivity index (χ0v) is 18.8. The standard InChI is InChI=1S/C22H25N5O4S/c1-26-12-23-17-10-16(25-21(20(17)22(26)29)24-14-4-5-14)13-3-6-18(19(9-13)32(2,30)31)27-8-7-15(28)11-27/h3,6,9-10,12,14-15,28H,4-5,7-8,11H2,1-2H3,(H,24,25). The summed E-state index contributed by atoms with van der Waals surface area (Å²) < 4.78 is 26.6. The molecule has 1 saturated carbocycles. The Morgan fingerprint density at radius 1 is 1.19 bits per heavy atom. The van der Waals surface area contributed by atoms with Gasteiger partial charge < -0.3 is 19.9 Å². The molecule has 0 spiro atoms. The number of β-amino-alcohol motifs (C(OH)–C–C–N with tert-alkyl or cyclic N) is 1. The molecule has 168 valence electrons. The van der Waals surface area contributed by atoms with Gasteiger partial charge in [0.2, 0.25) is 0 Å². The predicted molar refractivity (Wildman–Crippen MR) is 123 cm³/mol. The molecule has 2 aromatic heterocycles. The van der Waals surface area contributed by atoms with Gasteiger partial charge in [-0.1, -0.05) is 6.07 Å². The van der Waals surface area contributed by atoms with Crippen LogP contribution >= 0.6 is 0 Å². The number of sulfone groups is 1. The van der Waals surface area contributed by atoms with Crippen molar-refractivity contribution in [2.75, 3.05) is 29.6 Å². The van der Waals surface area contributed by atoms with E-state index in [1.165, 1.54) is 17.2 Å². The average molecular weight is 456 g/mol. The second-order valence-corrected chi connectivity index (χ2v) is 10.7. The highest BCUT2D eigenvalue weighted by Gasteiger charge is 2.27. The summed E-state index contributed by atoms with van der Waals surface area (Å²) in [4.78, 5) is 23.9. The molecule has 32 heavy (non-hydrogen) atoms. The molecule has 1 unspecified atom stereocenters. The van der Waals surface area contributed by atoms with Crippen molar-refractivity contribution in [1.29, 1.82) is 0 Å². The van der Waals surface area contributed by atoms with Crippen molar-refractivity contribution < 1.29 is 13.5 Å². The summed E-state index contributed by atoms with van der Waals surface area (Å²) in [5.41, 5.74) is 2.07. The van der Waals surface area contributed by atoms with E-state index < -0.39 is 15.9 Å². The molecule has 2 aliphatic rings. The van der Waals surface area contributed by atoms with Crippen LogP contribution in [0.3, 0.4) is 0 Å². The lowest BCUT2D eigenvalue weighted by atomic mass is 10.1. The van der Waals surface area contributed by atoms with Crippen LogP contribution in [-0.2, 0) is 16.9 Å². The van der Waals surface area contributed by atoms with E-state index in [0.29, 0.717) is 53.2 Å². The van der Waals surface area contributed by atoms with Crippen molar-refractivity contribution in [2.24, 2.45) is 7.05 Å². The van der Waals surface area contributed by atoms with E-state index in [9.17, 15) is 18.3 Å². The van der Waals surface area contributed by atoms with Gasteiger partial charge in [0.1, 0.15) is 11.2 Å². The van der Waals surface area contributed by atoms with Gasteiger partial charge in [-0.2, -0.15) is 0 Å². The Kier molecular flexibility index (Phi) is 4.94. The molecule has 2 N–H and O–H groups in total.